The van der Waals surface area contributed by atoms with Crippen molar-refractivity contribution >= 4 is 13.8 Å². The van der Waals surface area contributed by atoms with Crippen LogP contribution in [0.5, 0.6) is 0 Å². The van der Waals surface area contributed by atoms with E-state index >= 15 is 0 Å². The van der Waals surface area contributed by atoms with Gasteiger partial charge in [-0.05, 0) is 57.8 Å². The Morgan fingerprint density at radius 3 is 1.35 bits per heavy atom. The van der Waals surface area contributed by atoms with E-state index in [1.807, 2.05) is 0 Å². The average Bonchev–Trinajstić information content (AvgIpc) is 3.26. The summed E-state index contributed by atoms with van der Waals surface area (Å²) in [5.41, 5.74) is 5.39. The number of carbonyl (C=O) groups is 1. The molecule has 0 radical (unpaired) electrons. The Hall–Kier alpha value is -1.80. The molecule has 0 fully saturated rings. The van der Waals surface area contributed by atoms with Crippen molar-refractivity contribution in [3.63, 3.8) is 0 Å². The predicted molar refractivity (Wildman–Crippen MR) is 266 cm³/mol. The molecular weight excluding hydrogens is 794 g/mol. The number of hydrogen-bond donors (Lipinski definition) is 2. The summed E-state index contributed by atoms with van der Waals surface area (Å²) in [5, 5.41) is 0. The monoisotopic (exact) mass is 892 g/mol. The standard InChI is InChI=1S/C53H98NO7P/c1-3-5-7-9-11-13-15-17-19-21-23-25-27-29-31-33-35-37-39-41-43-45-48-58-50-52(51-60-62(56,57)59-49-47-54)61-53(55)46-44-42-40-38-36-34-32-30-28-26-24-22-20-18-16-14-12-10-8-6-4-2/h6,8,12,14,18,20,24,26,30,32,52H,3-5,7,9-11,13,15-17,19,21-23,25,27-29,31,33-51,54H2,1-2H3,(H,56,57)/b8-6-,14-12-,20-18-,26-24-,32-30-. The van der Waals surface area contributed by atoms with E-state index in [9.17, 15) is 14.3 Å². The minimum atomic E-state index is -4.29. The number of rotatable bonds is 49. The van der Waals surface area contributed by atoms with E-state index in [-0.39, 0.29) is 32.3 Å². The number of ether oxygens (including phenoxy) is 2. The number of carbonyl (C=O) groups excluding carboxylic acids is 1. The smallest absolute Gasteiger partial charge is 0.457 e. The van der Waals surface area contributed by atoms with Gasteiger partial charge >= 0.3 is 13.8 Å². The maximum atomic E-state index is 12.7. The second-order valence-electron chi connectivity index (χ2n) is 17.0. The fourth-order valence-electron chi connectivity index (χ4n) is 7.20. The molecule has 2 unspecified atom stereocenters. The van der Waals surface area contributed by atoms with Gasteiger partial charge in [-0.25, -0.2) is 4.57 Å². The number of nitrogens with two attached hydrogens (primary N) is 1. The van der Waals surface area contributed by atoms with Gasteiger partial charge in [-0.1, -0.05) is 229 Å². The lowest BCUT2D eigenvalue weighted by Gasteiger charge is -2.20. The highest BCUT2D eigenvalue weighted by atomic mass is 31.2. The van der Waals surface area contributed by atoms with Crippen molar-refractivity contribution in [3.05, 3.63) is 60.8 Å². The maximum absolute atomic E-state index is 12.7. The van der Waals surface area contributed by atoms with Crippen molar-refractivity contribution in [2.45, 2.75) is 238 Å². The number of esters is 1. The van der Waals surface area contributed by atoms with Crippen molar-refractivity contribution in [3.8, 4) is 0 Å². The summed E-state index contributed by atoms with van der Waals surface area (Å²) in [5.74, 6) is -0.346. The van der Waals surface area contributed by atoms with Crippen LogP contribution in [-0.2, 0) is 27.9 Å². The average molecular weight is 892 g/mol. The van der Waals surface area contributed by atoms with Gasteiger partial charge in [0.15, 0.2) is 0 Å². The fourth-order valence-corrected chi connectivity index (χ4v) is 7.97. The van der Waals surface area contributed by atoms with Crippen molar-refractivity contribution in [1.82, 2.24) is 0 Å². The zero-order valence-electron chi connectivity index (χ0n) is 40.3. The number of unbranched alkanes of at least 4 members (excludes halogenated alkanes) is 26. The van der Waals surface area contributed by atoms with E-state index < -0.39 is 13.9 Å². The molecule has 0 bridgehead atoms. The molecule has 0 amide bonds. The third-order valence-electron chi connectivity index (χ3n) is 10.9. The molecule has 0 aromatic heterocycles. The first-order valence-electron chi connectivity index (χ1n) is 25.8. The molecule has 0 heterocycles. The highest BCUT2D eigenvalue weighted by Crippen LogP contribution is 2.43. The van der Waals surface area contributed by atoms with Gasteiger partial charge in [0.1, 0.15) is 6.10 Å². The van der Waals surface area contributed by atoms with E-state index in [2.05, 4.69) is 74.6 Å². The van der Waals surface area contributed by atoms with Gasteiger partial charge < -0.3 is 20.1 Å². The SMILES string of the molecule is CC/C=C\C/C=C\C/C=C\C/C=C\C/C=C\CCCCCCCC(=O)OC(COCCCCCCCCCCCCCCCCCCCCCCCC)COP(=O)(O)OCCN. The number of hydrogen-bond acceptors (Lipinski definition) is 7. The van der Waals surface area contributed by atoms with Gasteiger partial charge in [-0.2, -0.15) is 0 Å². The molecule has 0 aromatic carbocycles. The van der Waals surface area contributed by atoms with Gasteiger partial charge in [-0.15, -0.1) is 0 Å². The summed E-state index contributed by atoms with van der Waals surface area (Å²) < 4.78 is 33.6. The van der Waals surface area contributed by atoms with Crippen molar-refractivity contribution in [2.75, 3.05) is 33.0 Å². The Kier molecular flexibility index (Phi) is 48.7. The first-order chi connectivity index (χ1) is 30.4. The van der Waals surface area contributed by atoms with E-state index in [0.29, 0.717) is 13.0 Å². The van der Waals surface area contributed by atoms with Crippen LogP contribution >= 0.6 is 7.82 Å². The van der Waals surface area contributed by atoms with Crippen LogP contribution in [0.15, 0.2) is 60.8 Å². The molecule has 9 heteroatoms. The molecule has 0 aliphatic heterocycles. The van der Waals surface area contributed by atoms with Crippen LogP contribution in [0, 0.1) is 0 Å². The molecule has 0 aliphatic carbocycles. The largest absolute Gasteiger partial charge is 0.472 e. The van der Waals surface area contributed by atoms with Gasteiger partial charge in [-0.3, -0.25) is 13.8 Å². The quantitative estimate of drug-likeness (QED) is 0.0268. The molecule has 0 aliphatic rings. The minimum Gasteiger partial charge on any atom is -0.457 e. The maximum Gasteiger partial charge on any atom is 0.472 e. The third kappa shape index (κ3) is 49.2. The number of allylic oxidation sites excluding steroid dienone is 10. The first-order valence-corrected chi connectivity index (χ1v) is 27.3. The highest BCUT2D eigenvalue weighted by molar-refractivity contribution is 7.47. The second-order valence-corrected chi connectivity index (χ2v) is 18.5. The van der Waals surface area contributed by atoms with E-state index in [1.54, 1.807) is 0 Å². The van der Waals surface area contributed by atoms with Crippen LogP contribution in [0.1, 0.15) is 232 Å². The van der Waals surface area contributed by atoms with Crippen LogP contribution in [0.3, 0.4) is 0 Å². The molecule has 0 spiro atoms. The molecular formula is C53H98NO7P. The van der Waals surface area contributed by atoms with Gasteiger partial charge in [0.25, 0.3) is 0 Å². The molecule has 8 nitrogen and oxygen atoms in total. The van der Waals surface area contributed by atoms with Crippen LogP contribution in [0.4, 0.5) is 0 Å². The van der Waals surface area contributed by atoms with Crippen LogP contribution < -0.4 is 5.73 Å². The summed E-state index contributed by atoms with van der Waals surface area (Å²) in [4.78, 5) is 22.6. The fraction of sp³-hybridized carbons (Fsp3) is 0.792. The zero-order valence-corrected chi connectivity index (χ0v) is 41.2. The van der Waals surface area contributed by atoms with Crippen LogP contribution in [0.25, 0.3) is 0 Å². The Labute approximate surface area is 383 Å². The Balaban J connectivity index is 3.97. The van der Waals surface area contributed by atoms with Crippen LogP contribution in [-0.4, -0.2) is 49.9 Å². The second kappa shape index (κ2) is 50.2. The Bertz CT molecular complexity index is 1140. The van der Waals surface area contributed by atoms with Gasteiger partial charge in [0.05, 0.1) is 19.8 Å². The van der Waals surface area contributed by atoms with Gasteiger partial charge in [0.2, 0.25) is 0 Å². The summed E-state index contributed by atoms with van der Waals surface area (Å²) >= 11 is 0. The zero-order chi connectivity index (χ0) is 45.1. The van der Waals surface area contributed by atoms with E-state index in [1.165, 1.54) is 128 Å². The summed E-state index contributed by atoms with van der Waals surface area (Å²) in [6.45, 7) is 4.82. The summed E-state index contributed by atoms with van der Waals surface area (Å²) in [7, 11) is -4.29. The highest BCUT2D eigenvalue weighted by Gasteiger charge is 2.25. The van der Waals surface area contributed by atoms with Crippen LogP contribution in [0.2, 0.25) is 0 Å². The van der Waals surface area contributed by atoms with Crippen molar-refractivity contribution in [2.24, 2.45) is 5.73 Å². The number of phosphoric acid groups is 1. The molecule has 0 rings (SSSR count). The van der Waals surface area contributed by atoms with E-state index in [4.69, 9.17) is 24.3 Å². The lowest BCUT2D eigenvalue weighted by Crippen LogP contribution is -2.28. The normalized spacial score (nSPS) is 13.8. The minimum absolute atomic E-state index is 0.0956. The topological polar surface area (TPSA) is 117 Å². The first kappa shape index (κ1) is 60.2. The number of phosphoric ester groups is 1. The van der Waals surface area contributed by atoms with Crippen molar-refractivity contribution in [1.29, 1.82) is 0 Å². The van der Waals surface area contributed by atoms with E-state index in [0.717, 1.165) is 83.5 Å². The molecule has 0 aromatic rings. The molecule has 62 heavy (non-hydrogen) atoms. The lowest BCUT2D eigenvalue weighted by molar-refractivity contribution is -0.154. The third-order valence-corrected chi connectivity index (χ3v) is 11.9. The Morgan fingerprint density at radius 1 is 0.500 bits per heavy atom. The molecule has 2 atom stereocenters. The summed E-state index contributed by atoms with van der Waals surface area (Å²) in [6, 6.07) is 0. The molecule has 362 valence electrons. The molecule has 0 saturated carbocycles. The summed E-state index contributed by atoms with van der Waals surface area (Å²) in [6.07, 6.45) is 62.6. The Morgan fingerprint density at radius 2 is 0.903 bits per heavy atom. The predicted octanol–water partition coefficient (Wildman–Crippen LogP) is 16.1. The molecule has 0 saturated heterocycles. The van der Waals surface area contributed by atoms with Gasteiger partial charge in [0, 0.05) is 19.6 Å². The molecule has 3 N–H and O–H groups in total. The lowest BCUT2D eigenvalue weighted by atomic mass is 10.0. The van der Waals surface area contributed by atoms with Crippen molar-refractivity contribution < 1.29 is 32.8 Å².